The van der Waals surface area contributed by atoms with E-state index >= 15 is 0 Å². The number of nitrogens with two attached hydrogens (primary N) is 1. The average Bonchev–Trinajstić information content (AvgIpc) is 1.88. The van der Waals surface area contributed by atoms with Gasteiger partial charge >= 0.3 is 0 Å². The highest BCUT2D eigenvalue weighted by Crippen LogP contribution is 2.14. The molecule has 0 spiro atoms. The first-order valence-corrected chi connectivity index (χ1v) is 3.65. The number of rotatable bonds is 0. The Morgan fingerprint density at radius 2 is 2.30 bits per heavy atom. The topological polar surface area (TPSA) is 53.1 Å². The Hall–Kier alpha value is -0.730. The van der Waals surface area contributed by atoms with Gasteiger partial charge in [-0.2, -0.15) is 0 Å². The van der Waals surface area contributed by atoms with Gasteiger partial charge < -0.3 is 10.6 Å². The van der Waals surface area contributed by atoms with Crippen LogP contribution < -0.4 is 5.73 Å². The molecule has 10 heavy (non-hydrogen) atoms. The molecule has 3 heteroatoms. The normalized spacial score (nSPS) is 26.5. The van der Waals surface area contributed by atoms with Crippen molar-refractivity contribution < 1.29 is 0 Å². The molecule has 57 valence electrons. The van der Waals surface area contributed by atoms with Crippen LogP contribution in [0.3, 0.4) is 0 Å². The van der Waals surface area contributed by atoms with Crippen molar-refractivity contribution in [3.05, 3.63) is 6.92 Å². The van der Waals surface area contributed by atoms with Crippen LogP contribution in [-0.4, -0.2) is 23.4 Å². The molecular weight excluding hydrogens is 126 g/mol. The number of piperidine rings is 1. The summed E-state index contributed by atoms with van der Waals surface area (Å²) in [5, 5.41) is 7.18. The van der Waals surface area contributed by atoms with E-state index in [2.05, 4.69) is 6.92 Å². The van der Waals surface area contributed by atoms with Gasteiger partial charge in [-0.25, -0.2) is 0 Å². The summed E-state index contributed by atoms with van der Waals surface area (Å²) in [4.78, 5) is 1.85. The maximum Gasteiger partial charge on any atom is 0.188 e. The Morgan fingerprint density at radius 1 is 1.60 bits per heavy atom. The monoisotopic (exact) mass is 140 g/mol. The smallest absolute Gasteiger partial charge is 0.188 e. The third-order valence-corrected chi connectivity index (χ3v) is 1.94. The fourth-order valence-corrected chi connectivity index (χ4v) is 1.32. The summed E-state index contributed by atoms with van der Waals surface area (Å²) >= 11 is 0. The Balaban J connectivity index is 2.47. The van der Waals surface area contributed by atoms with Crippen molar-refractivity contribution in [2.75, 3.05) is 6.54 Å². The molecule has 0 bridgehead atoms. The highest BCUT2D eigenvalue weighted by Gasteiger charge is 2.18. The van der Waals surface area contributed by atoms with Crippen LogP contribution in [0, 0.1) is 12.3 Å². The summed E-state index contributed by atoms with van der Waals surface area (Å²) in [6.07, 6.45) is 3.43. The van der Waals surface area contributed by atoms with E-state index in [1.54, 1.807) is 0 Å². The SMILES string of the molecule is [CH2]C1CCCCN1C(=N)N. The van der Waals surface area contributed by atoms with Gasteiger partial charge in [0.1, 0.15) is 0 Å². The predicted octanol–water partition coefficient (Wildman–Crippen LogP) is 0.568. The van der Waals surface area contributed by atoms with E-state index < -0.39 is 0 Å². The third kappa shape index (κ3) is 1.40. The average molecular weight is 140 g/mol. The van der Waals surface area contributed by atoms with Gasteiger partial charge in [-0.15, -0.1) is 0 Å². The standard InChI is InChI=1S/C7H14N3/c1-6-4-2-3-5-10(6)7(8)9/h6H,1-5H2,(H3,8,9). The van der Waals surface area contributed by atoms with Crippen LogP contribution in [-0.2, 0) is 0 Å². The molecule has 1 atom stereocenters. The molecule has 1 unspecified atom stereocenters. The van der Waals surface area contributed by atoms with E-state index in [9.17, 15) is 0 Å². The van der Waals surface area contributed by atoms with Gasteiger partial charge in [0.2, 0.25) is 0 Å². The van der Waals surface area contributed by atoms with E-state index in [0.717, 1.165) is 19.4 Å². The zero-order valence-electron chi connectivity index (χ0n) is 6.14. The first kappa shape index (κ1) is 7.38. The van der Waals surface area contributed by atoms with Crippen LogP contribution in [0.15, 0.2) is 0 Å². The van der Waals surface area contributed by atoms with Gasteiger partial charge in [-0.3, -0.25) is 5.41 Å². The molecule has 0 aliphatic carbocycles. The maximum absolute atomic E-state index is 7.18. The minimum absolute atomic E-state index is 0.166. The van der Waals surface area contributed by atoms with E-state index in [4.69, 9.17) is 11.1 Å². The molecule has 1 radical (unpaired) electrons. The molecule has 0 aromatic rings. The van der Waals surface area contributed by atoms with Crippen molar-refractivity contribution in [3.8, 4) is 0 Å². The van der Waals surface area contributed by atoms with Gasteiger partial charge in [-0.1, -0.05) is 0 Å². The largest absolute Gasteiger partial charge is 0.370 e. The molecule has 0 amide bonds. The molecule has 3 nitrogen and oxygen atoms in total. The number of guanidine groups is 1. The van der Waals surface area contributed by atoms with Crippen LogP contribution in [0.5, 0.6) is 0 Å². The Bertz CT molecular complexity index is 133. The van der Waals surface area contributed by atoms with E-state index in [-0.39, 0.29) is 12.0 Å². The van der Waals surface area contributed by atoms with Crippen molar-refractivity contribution in [1.29, 1.82) is 5.41 Å². The highest BCUT2D eigenvalue weighted by atomic mass is 15.2. The number of nitrogens with zero attached hydrogens (tertiary/aromatic N) is 1. The number of hydrogen-bond acceptors (Lipinski definition) is 1. The quantitative estimate of drug-likeness (QED) is 0.382. The molecule has 1 aliphatic heterocycles. The molecule has 1 fully saturated rings. The fourth-order valence-electron chi connectivity index (χ4n) is 1.32. The summed E-state index contributed by atoms with van der Waals surface area (Å²) in [5.41, 5.74) is 5.33. The van der Waals surface area contributed by atoms with Crippen LogP contribution in [0.4, 0.5) is 0 Å². The second-order valence-corrected chi connectivity index (χ2v) is 2.73. The molecule has 0 aromatic heterocycles. The summed E-state index contributed by atoms with van der Waals surface area (Å²) in [7, 11) is 0. The second-order valence-electron chi connectivity index (χ2n) is 2.73. The predicted molar refractivity (Wildman–Crippen MR) is 41.6 cm³/mol. The van der Waals surface area contributed by atoms with Crippen LogP contribution in [0.2, 0.25) is 0 Å². The molecule has 1 saturated heterocycles. The van der Waals surface area contributed by atoms with Crippen LogP contribution in [0.25, 0.3) is 0 Å². The molecular formula is C7H14N3. The number of nitrogens with one attached hydrogen (secondary N) is 1. The lowest BCUT2D eigenvalue weighted by Crippen LogP contribution is -2.45. The fraction of sp³-hybridized carbons (Fsp3) is 0.714. The van der Waals surface area contributed by atoms with Crippen molar-refractivity contribution in [2.45, 2.75) is 25.3 Å². The lowest BCUT2D eigenvalue weighted by molar-refractivity contribution is 0.276. The molecule has 3 N–H and O–H groups in total. The van der Waals surface area contributed by atoms with Gasteiger partial charge in [0.15, 0.2) is 5.96 Å². The number of likely N-dealkylation sites (tertiary alicyclic amines) is 1. The summed E-state index contributed by atoms with van der Waals surface area (Å²) in [6.45, 7) is 4.81. The zero-order valence-corrected chi connectivity index (χ0v) is 6.14. The minimum atomic E-state index is 0.166. The summed E-state index contributed by atoms with van der Waals surface area (Å²) < 4.78 is 0. The van der Waals surface area contributed by atoms with Crippen LogP contribution in [0.1, 0.15) is 19.3 Å². The summed E-state index contributed by atoms with van der Waals surface area (Å²) in [5.74, 6) is 0.166. The van der Waals surface area contributed by atoms with Crippen molar-refractivity contribution in [3.63, 3.8) is 0 Å². The highest BCUT2D eigenvalue weighted by molar-refractivity contribution is 5.75. The third-order valence-electron chi connectivity index (χ3n) is 1.94. The van der Waals surface area contributed by atoms with Crippen LogP contribution >= 0.6 is 0 Å². The van der Waals surface area contributed by atoms with E-state index in [1.807, 2.05) is 4.90 Å². The first-order valence-electron chi connectivity index (χ1n) is 3.65. The van der Waals surface area contributed by atoms with Gasteiger partial charge in [0.05, 0.1) is 0 Å². The molecule has 1 aliphatic rings. The molecule has 0 saturated carbocycles. The number of hydrogen-bond donors (Lipinski definition) is 2. The maximum atomic E-state index is 7.18. The first-order chi connectivity index (χ1) is 4.72. The Labute approximate surface area is 61.7 Å². The Morgan fingerprint density at radius 3 is 2.70 bits per heavy atom. The van der Waals surface area contributed by atoms with Crippen molar-refractivity contribution in [1.82, 2.24) is 4.90 Å². The molecule has 0 aromatic carbocycles. The lowest BCUT2D eigenvalue weighted by Gasteiger charge is -2.33. The minimum Gasteiger partial charge on any atom is -0.370 e. The van der Waals surface area contributed by atoms with Gasteiger partial charge in [-0.05, 0) is 26.2 Å². The van der Waals surface area contributed by atoms with E-state index in [0.29, 0.717) is 0 Å². The Kier molecular flexibility index (Phi) is 2.14. The summed E-state index contributed by atoms with van der Waals surface area (Å²) in [6, 6.07) is 0.228. The van der Waals surface area contributed by atoms with E-state index in [1.165, 1.54) is 6.42 Å². The zero-order chi connectivity index (χ0) is 7.56. The molecule has 1 heterocycles. The second kappa shape index (κ2) is 2.90. The lowest BCUT2D eigenvalue weighted by atomic mass is 10.0. The van der Waals surface area contributed by atoms with Crippen molar-refractivity contribution >= 4 is 5.96 Å². The molecule has 1 rings (SSSR count). The van der Waals surface area contributed by atoms with Crippen molar-refractivity contribution in [2.24, 2.45) is 5.73 Å². The van der Waals surface area contributed by atoms with Gasteiger partial charge in [0, 0.05) is 12.6 Å². The van der Waals surface area contributed by atoms with Gasteiger partial charge in [0.25, 0.3) is 0 Å².